The summed E-state index contributed by atoms with van der Waals surface area (Å²) in [6, 6.07) is 33.4. The molecular formula is C36H24B2N4O4. The number of hydrogen-bond acceptors (Lipinski definition) is 8. The lowest BCUT2D eigenvalue weighted by molar-refractivity contribution is -0.109. The van der Waals surface area contributed by atoms with E-state index in [2.05, 4.69) is 15.7 Å². The van der Waals surface area contributed by atoms with E-state index in [1.807, 2.05) is 84.9 Å². The summed E-state index contributed by atoms with van der Waals surface area (Å²) in [5.74, 6) is 0.0239. The Bertz CT molecular complexity index is 2460. The maximum absolute atomic E-state index is 14.2. The Labute approximate surface area is 263 Å². The number of phenols is 2. The Morgan fingerprint density at radius 3 is 1.91 bits per heavy atom. The van der Waals surface area contributed by atoms with Crippen LogP contribution in [-0.2, 0) is 4.79 Å². The van der Waals surface area contributed by atoms with Crippen LogP contribution < -0.4 is 37.2 Å². The molecular weight excluding hydrogens is 574 g/mol. The van der Waals surface area contributed by atoms with Crippen molar-refractivity contribution in [3.63, 3.8) is 0 Å². The lowest BCUT2D eigenvalue weighted by atomic mass is 9.65. The normalized spacial score (nSPS) is 16.0. The van der Waals surface area contributed by atoms with Gasteiger partial charge in [-0.05, 0) is 58.1 Å². The summed E-state index contributed by atoms with van der Waals surface area (Å²) in [5, 5.41) is 46.9. The number of Topliss-reactive ketones (excluding diaryl/α,β-unsaturated/α-hetero) is 1. The van der Waals surface area contributed by atoms with Gasteiger partial charge < -0.3 is 35.9 Å². The minimum atomic E-state index is -0.446. The Kier molecular flexibility index (Phi) is 5.52. The monoisotopic (exact) mass is 598 g/mol. The van der Waals surface area contributed by atoms with Crippen molar-refractivity contribution in [2.24, 2.45) is 4.90 Å². The first-order valence-electron chi connectivity index (χ1n) is 15.0. The number of nitrogens with one attached hydrogen (secondary N) is 3. The van der Waals surface area contributed by atoms with E-state index in [0.717, 1.165) is 49.5 Å². The number of carbonyl (C=O) groups excluding carboxylic acids is 1. The molecule has 6 N–H and O–H groups in total. The molecule has 0 fully saturated rings. The number of ketones is 1. The molecule has 8 nitrogen and oxygen atoms in total. The number of phenolic OH excluding ortho intramolecular Hbond substituents is 2. The van der Waals surface area contributed by atoms with Gasteiger partial charge in [0.2, 0.25) is 5.78 Å². The number of allylic oxidation sites excluding steroid dienone is 2. The Morgan fingerprint density at radius 2 is 1.22 bits per heavy atom. The first-order valence-corrected chi connectivity index (χ1v) is 15.0. The van der Waals surface area contributed by atoms with Gasteiger partial charge in [-0.2, -0.15) is 0 Å². The topological polar surface area (TPSA) is 126 Å². The Balaban J connectivity index is 1.24. The van der Waals surface area contributed by atoms with Gasteiger partial charge in [-0.3, -0.25) is 4.79 Å². The molecule has 0 atom stereocenters. The number of aromatic hydroxyl groups is 2. The fraction of sp³-hybridized carbons (Fsp3) is 0. The standard InChI is InChI=1S/C36H24B2N4O4/c43-23-13-9-21(10-14-23)37-39-27-5-1-3-19-7-17-25(33(41-37)29(19)27)31-35(45)32(36(31)46)26-18-8-20-4-2-6-28-30(20)34(26)42-38(40-28)22-11-15-24(44)16-12-22/h1-18,39-41,43-45H/b32-26+. The van der Waals surface area contributed by atoms with Gasteiger partial charge in [-0.15, -0.1) is 0 Å². The highest BCUT2D eigenvalue weighted by Crippen LogP contribution is 2.45. The van der Waals surface area contributed by atoms with Crippen LogP contribution in [0.25, 0.3) is 32.7 Å². The highest BCUT2D eigenvalue weighted by molar-refractivity contribution is 6.80. The van der Waals surface area contributed by atoms with Crippen LogP contribution in [0.5, 0.6) is 11.5 Å². The van der Waals surface area contributed by atoms with Crippen molar-refractivity contribution >= 4 is 80.4 Å². The molecule has 10 heteroatoms. The van der Waals surface area contributed by atoms with Gasteiger partial charge in [-0.1, -0.05) is 72.8 Å². The highest BCUT2D eigenvalue weighted by Gasteiger charge is 2.39. The zero-order valence-electron chi connectivity index (χ0n) is 24.2. The largest absolute Gasteiger partial charge is 0.508 e. The molecule has 6 aromatic rings. The van der Waals surface area contributed by atoms with Gasteiger partial charge in [-0.25, -0.2) is 0 Å². The van der Waals surface area contributed by atoms with Crippen LogP contribution in [0.3, 0.4) is 0 Å². The van der Waals surface area contributed by atoms with Gasteiger partial charge in [0.25, 0.3) is 0 Å². The van der Waals surface area contributed by atoms with E-state index in [4.69, 9.17) is 4.90 Å². The predicted octanol–water partition coefficient (Wildman–Crippen LogP) is 3.78. The first-order chi connectivity index (χ1) is 22.4. The molecule has 1 aliphatic carbocycles. The van der Waals surface area contributed by atoms with Crippen LogP contribution in [0.4, 0.5) is 17.1 Å². The summed E-state index contributed by atoms with van der Waals surface area (Å²) >= 11 is 0. The fourth-order valence-corrected chi connectivity index (χ4v) is 6.87. The number of anilines is 3. The third-order valence-electron chi connectivity index (χ3n) is 9.10. The van der Waals surface area contributed by atoms with Crippen molar-refractivity contribution in [2.75, 3.05) is 15.7 Å². The molecule has 218 valence electrons. The van der Waals surface area contributed by atoms with E-state index in [0.29, 0.717) is 16.1 Å². The van der Waals surface area contributed by atoms with Gasteiger partial charge in [0, 0.05) is 38.6 Å². The third kappa shape index (κ3) is 3.83. The minimum absolute atomic E-state index is 0.0670. The molecule has 6 aromatic carbocycles. The van der Waals surface area contributed by atoms with Gasteiger partial charge in [0.15, 0.2) is 0 Å². The Morgan fingerprint density at radius 1 is 0.587 bits per heavy atom. The molecule has 2 heterocycles. The zero-order chi connectivity index (χ0) is 31.1. The molecule has 0 unspecified atom stereocenters. The van der Waals surface area contributed by atoms with E-state index in [9.17, 15) is 20.1 Å². The predicted molar refractivity (Wildman–Crippen MR) is 184 cm³/mol. The van der Waals surface area contributed by atoms with E-state index < -0.39 is 6.98 Å². The summed E-state index contributed by atoms with van der Waals surface area (Å²) in [5.41, 5.74) is 5.41. The quantitative estimate of drug-likeness (QED) is 0.171. The molecule has 0 radical (unpaired) electrons. The average Bonchev–Trinajstić information content (AvgIpc) is 3.08. The van der Waals surface area contributed by atoms with Crippen LogP contribution in [0, 0.1) is 0 Å². The number of rotatable bonds is 3. The molecule has 0 aromatic heterocycles. The molecule has 0 spiro atoms. The number of aliphatic hydroxyl groups excluding tert-OH is 1. The van der Waals surface area contributed by atoms with Crippen LogP contribution in [0.2, 0.25) is 0 Å². The van der Waals surface area contributed by atoms with Crippen LogP contribution in [0.1, 0.15) is 5.56 Å². The third-order valence-corrected chi connectivity index (χ3v) is 9.10. The molecule has 0 amide bonds. The van der Waals surface area contributed by atoms with Crippen LogP contribution in [-0.4, -0.2) is 35.1 Å². The zero-order valence-corrected chi connectivity index (χ0v) is 24.2. The minimum Gasteiger partial charge on any atom is -0.508 e. The summed E-state index contributed by atoms with van der Waals surface area (Å²) in [6.07, 6.45) is 0. The van der Waals surface area contributed by atoms with Gasteiger partial charge in [0.1, 0.15) is 17.3 Å². The van der Waals surface area contributed by atoms with Gasteiger partial charge >= 0.3 is 14.0 Å². The molecule has 9 rings (SSSR count). The lowest BCUT2D eigenvalue weighted by Gasteiger charge is -2.31. The van der Waals surface area contributed by atoms with Crippen molar-refractivity contribution in [3.05, 3.63) is 131 Å². The number of hydrogen-bond donors (Lipinski definition) is 6. The van der Waals surface area contributed by atoms with E-state index in [1.54, 1.807) is 24.3 Å². The number of benzene rings is 6. The number of carbonyl (C=O) groups is 1. The van der Waals surface area contributed by atoms with Crippen molar-refractivity contribution < 1.29 is 20.1 Å². The summed E-state index contributed by atoms with van der Waals surface area (Å²) in [7, 11) is 0. The lowest BCUT2D eigenvalue weighted by Crippen LogP contribution is -2.48. The maximum atomic E-state index is 14.2. The average molecular weight is 598 g/mol. The molecule has 46 heavy (non-hydrogen) atoms. The van der Waals surface area contributed by atoms with Crippen molar-refractivity contribution in [2.45, 2.75) is 0 Å². The van der Waals surface area contributed by atoms with Crippen LogP contribution >= 0.6 is 0 Å². The molecule has 0 bridgehead atoms. The van der Waals surface area contributed by atoms with Crippen molar-refractivity contribution in [1.82, 2.24) is 0 Å². The van der Waals surface area contributed by atoms with E-state index in [1.165, 1.54) is 0 Å². The maximum Gasteiger partial charge on any atom is 0.427 e. The van der Waals surface area contributed by atoms with E-state index in [-0.39, 0.29) is 41.2 Å². The molecule has 0 saturated carbocycles. The SMILES string of the molecule is O=C1C(c2ccc3cccc4c3c2NB(c2ccc(O)cc2)N4)=C(O)/C1=c1/ccc2cccc3c2c1=NB(c1ccc(O)cc1)N3. The summed E-state index contributed by atoms with van der Waals surface area (Å²) < 4.78 is 0. The fourth-order valence-electron chi connectivity index (χ4n) is 6.87. The second kappa shape index (κ2) is 9.67. The van der Waals surface area contributed by atoms with E-state index >= 15 is 0 Å². The Hall–Kier alpha value is -6.15. The first kappa shape index (κ1) is 26.3. The van der Waals surface area contributed by atoms with Crippen molar-refractivity contribution in [3.8, 4) is 11.5 Å². The number of aliphatic hydroxyl groups is 1. The molecule has 3 aliphatic rings. The summed E-state index contributed by atoms with van der Waals surface area (Å²) in [4.78, 5) is 19.2. The molecule has 0 saturated heterocycles. The smallest absolute Gasteiger partial charge is 0.427 e. The van der Waals surface area contributed by atoms with Crippen LogP contribution in [0.15, 0.2) is 120 Å². The number of nitrogens with zero attached hydrogens (tertiary/aromatic N) is 1. The van der Waals surface area contributed by atoms with Gasteiger partial charge in [0.05, 0.1) is 16.5 Å². The summed E-state index contributed by atoms with van der Waals surface area (Å²) in [6.45, 7) is -0.772. The molecule has 2 aliphatic heterocycles. The second-order valence-corrected chi connectivity index (χ2v) is 11.8. The van der Waals surface area contributed by atoms with Crippen molar-refractivity contribution in [1.29, 1.82) is 0 Å². The highest BCUT2D eigenvalue weighted by atomic mass is 16.3. The second-order valence-electron chi connectivity index (χ2n) is 11.8.